The van der Waals surface area contributed by atoms with Gasteiger partial charge in [0.1, 0.15) is 12.0 Å². The molecule has 3 heterocycles. The van der Waals surface area contributed by atoms with Gasteiger partial charge in [-0.25, -0.2) is 15.0 Å². The lowest BCUT2D eigenvalue weighted by atomic mass is 10.1. The predicted molar refractivity (Wildman–Crippen MR) is 79.1 cm³/mol. The molecule has 21 heavy (non-hydrogen) atoms. The Bertz CT molecular complexity index is 684. The Kier molecular flexibility index (Phi) is 3.64. The van der Waals surface area contributed by atoms with Crippen LogP contribution in [0.25, 0.3) is 0 Å². The number of fused-ring (bicyclic) bond motifs is 1. The molecule has 2 aromatic heterocycles. The van der Waals surface area contributed by atoms with Crippen LogP contribution < -0.4 is 0 Å². The van der Waals surface area contributed by atoms with Gasteiger partial charge in [-0.05, 0) is 38.0 Å². The molecule has 3 rings (SSSR count). The van der Waals surface area contributed by atoms with Gasteiger partial charge in [-0.2, -0.15) is 0 Å². The normalized spacial score (nSPS) is 14.5. The summed E-state index contributed by atoms with van der Waals surface area (Å²) in [6.45, 7) is 5.27. The zero-order valence-corrected chi connectivity index (χ0v) is 12.3. The number of nitrogens with zero attached hydrogens (tertiary/aromatic N) is 4. The average Bonchev–Trinajstić information content (AvgIpc) is 2.70. The molecule has 0 atom stereocenters. The van der Waals surface area contributed by atoms with Crippen LogP contribution >= 0.6 is 0 Å². The highest BCUT2D eigenvalue weighted by molar-refractivity contribution is 5.92. The fraction of sp³-hybridized carbons (Fsp3) is 0.375. The molecule has 0 radical (unpaired) electrons. The smallest absolute Gasteiger partial charge is 0.272 e. The van der Waals surface area contributed by atoms with Crippen molar-refractivity contribution in [2.45, 2.75) is 26.7 Å². The van der Waals surface area contributed by atoms with Crippen molar-refractivity contribution in [1.29, 1.82) is 0 Å². The first kappa shape index (κ1) is 13.7. The molecule has 0 aromatic carbocycles. The largest absolute Gasteiger partial charge is 0.337 e. The third-order valence-electron chi connectivity index (χ3n) is 3.89. The maximum Gasteiger partial charge on any atom is 0.272 e. The first-order valence-electron chi connectivity index (χ1n) is 7.17. The molecule has 1 aliphatic rings. The summed E-state index contributed by atoms with van der Waals surface area (Å²) in [6.07, 6.45) is 3.18. The van der Waals surface area contributed by atoms with Crippen LogP contribution in [0.1, 0.15) is 33.1 Å². The van der Waals surface area contributed by atoms with E-state index in [9.17, 15) is 4.79 Å². The van der Waals surface area contributed by atoms with Crippen molar-refractivity contribution >= 4 is 5.91 Å². The van der Waals surface area contributed by atoms with Crippen LogP contribution in [0.4, 0.5) is 0 Å². The van der Waals surface area contributed by atoms with E-state index in [4.69, 9.17) is 0 Å². The highest BCUT2D eigenvalue weighted by atomic mass is 16.2. The van der Waals surface area contributed by atoms with Crippen molar-refractivity contribution in [3.8, 4) is 0 Å². The van der Waals surface area contributed by atoms with Crippen molar-refractivity contribution in [2.24, 2.45) is 0 Å². The van der Waals surface area contributed by atoms with Crippen LogP contribution in [0.5, 0.6) is 0 Å². The molecule has 0 bridgehead atoms. The van der Waals surface area contributed by atoms with Crippen LogP contribution in [0.3, 0.4) is 0 Å². The van der Waals surface area contributed by atoms with Crippen molar-refractivity contribution in [3.63, 3.8) is 0 Å². The maximum atomic E-state index is 12.6. The number of hydrogen-bond donors (Lipinski definition) is 0. The van der Waals surface area contributed by atoms with Gasteiger partial charge in [0.15, 0.2) is 0 Å². The van der Waals surface area contributed by atoms with Gasteiger partial charge in [0.05, 0.1) is 0 Å². The Balaban J connectivity index is 1.81. The number of hydrogen-bond acceptors (Lipinski definition) is 4. The van der Waals surface area contributed by atoms with Gasteiger partial charge in [-0.1, -0.05) is 6.07 Å². The van der Waals surface area contributed by atoms with E-state index in [1.54, 1.807) is 12.4 Å². The lowest BCUT2D eigenvalue weighted by molar-refractivity contribution is 0.0757. The average molecular weight is 282 g/mol. The van der Waals surface area contributed by atoms with Crippen molar-refractivity contribution in [3.05, 3.63) is 52.9 Å². The van der Waals surface area contributed by atoms with Gasteiger partial charge < -0.3 is 4.90 Å². The number of rotatable bonds is 1. The van der Waals surface area contributed by atoms with Crippen LogP contribution in [0.2, 0.25) is 0 Å². The molecule has 5 nitrogen and oxygen atoms in total. The molecule has 0 spiro atoms. The van der Waals surface area contributed by atoms with Gasteiger partial charge in [0.25, 0.3) is 5.91 Å². The van der Waals surface area contributed by atoms with E-state index < -0.39 is 0 Å². The minimum atomic E-state index is -0.00267. The summed E-state index contributed by atoms with van der Waals surface area (Å²) in [6, 6.07) is 5.55. The highest BCUT2D eigenvalue weighted by Crippen LogP contribution is 2.17. The van der Waals surface area contributed by atoms with E-state index in [1.807, 2.05) is 30.9 Å². The van der Waals surface area contributed by atoms with Crippen molar-refractivity contribution < 1.29 is 4.79 Å². The number of pyridine rings is 1. The summed E-state index contributed by atoms with van der Waals surface area (Å²) in [5.74, 6) is -0.00267. The summed E-state index contributed by atoms with van der Waals surface area (Å²) in [4.78, 5) is 27.4. The number of aromatic nitrogens is 3. The summed E-state index contributed by atoms with van der Waals surface area (Å²) in [5.41, 5.74) is 4.65. The Morgan fingerprint density at radius 1 is 1.14 bits per heavy atom. The Hall–Kier alpha value is -2.30. The van der Waals surface area contributed by atoms with E-state index >= 15 is 0 Å². The fourth-order valence-electron chi connectivity index (χ4n) is 2.72. The Morgan fingerprint density at radius 3 is 2.76 bits per heavy atom. The van der Waals surface area contributed by atoms with Crippen LogP contribution in [0.15, 0.2) is 24.5 Å². The van der Waals surface area contributed by atoms with E-state index in [1.165, 1.54) is 5.56 Å². The SMILES string of the molecule is Cc1cccc(C(=O)N2CCc3ncnc(C)c3CC2)n1. The third kappa shape index (κ3) is 2.77. The first-order chi connectivity index (χ1) is 10.1. The molecule has 0 saturated carbocycles. The number of amides is 1. The molecular formula is C16H18N4O. The second kappa shape index (κ2) is 5.60. The van der Waals surface area contributed by atoms with Gasteiger partial charge in [0.2, 0.25) is 0 Å². The third-order valence-corrected chi connectivity index (χ3v) is 3.89. The molecule has 108 valence electrons. The van der Waals surface area contributed by atoms with Gasteiger partial charge in [-0.15, -0.1) is 0 Å². The fourth-order valence-corrected chi connectivity index (χ4v) is 2.72. The second-order valence-corrected chi connectivity index (χ2v) is 5.34. The van der Waals surface area contributed by atoms with Gasteiger partial charge in [-0.3, -0.25) is 4.79 Å². The number of carbonyl (C=O) groups is 1. The number of carbonyl (C=O) groups excluding carboxylic acids is 1. The van der Waals surface area contributed by atoms with E-state index in [-0.39, 0.29) is 5.91 Å². The van der Waals surface area contributed by atoms with Crippen LogP contribution in [-0.2, 0) is 12.8 Å². The molecule has 0 saturated heterocycles. The summed E-state index contributed by atoms with van der Waals surface area (Å²) in [7, 11) is 0. The van der Waals surface area contributed by atoms with Gasteiger partial charge >= 0.3 is 0 Å². The zero-order chi connectivity index (χ0) is 14.8. The van der Waals surface area contributed by atoms with E-state index in [0.29, 0.717) is 18.8 Å². The predicted octanol–water partition coefficient (Wildman–Crippen LogP) is 1.73. The summed E-state index contributed by atoms with van der Waals surface area (Å²) >= 11 is 0. The van der Waals surface area contributed by atoms with Gasteiger partial charge in [0, 0.05) is 36.6 Å². The van der Waals surface area contributed by atoms with Crippen molar-refractivity contribution in [2.75, 3.05) is 13.1 Å². The quantitative estimate of drug-likeness (QED) is 0.799. The molecule has 1 amide bonds. The molecule has 0 aliphatic carbocycles. The lowest BCUT2D eigenvalue weighted by Crippen LogP contribution is -2.34. The Labute approximate surface area is 124 Å². The van der Waals surface area contributed by atoms with E-state index in [0.717, 1.165) is 29.9 Å². The second-order valence-electron chi connectivity index (χ2n) is 5.34. The number of aryl methyl sites for hydroxylation is 2. The molecule has 0 fully saturated rings. The molecule has 0 unspecified atom stereocenters. The van der Waals surface area contributed by atoms with Crippen molar-refractivity contribution in [1.82, 2.24) is 19.9 Å². The highest BCUT2D eigenvalue weighted by Gasteiger charge is 2.22. The summed E-state index contributed by atoms with van der Waals surface area (Å²) in [5, 5.41) is 0. The monoisotopic (exact) mass is 282 g/mol. The summed E-state index contributed by atoms with van der Waals surface area (Å²) < 4.78 is 0. The maximum absolute atomic E-state index is 12.6. The topological polar surface area (TPSA) is 59.0 Å². The standard InChI is InChI=1S/C16H18N4O/c1-11-4-3-5-15(19-11)16(21)20-8-6-13-12(2)17-10-18-14(13)7-9-20/h3-5,10H,6-9H2,1-2H3. The molecule has 2 aromatic rings. The molecular weight excluding hydrogens is 264 g/mol. The molecule has 5 heteroatoms. The zero-order valence-electron chi connectivity index (χ0n) is 12.3. The minimum absolute atomic E-state index is 0.00267. The van der Waals surface area contributed by atoms with Crippen LogP contribution in [-0.4, -0.2) is 38.8 Å². The Morgan fingerprint density at radius 2 is 1.95 bits per heavy atom. The molecule has 1 aliphatic heterocycles. The lowest BCUT2D eigenvalue weighted by Gasteiger charge is -2.19. The molecule has 0 N–H and O–H groups in total. The first-order valence-corrected chi connectivity index (χ1v) is 7.17. The minimum Gasteiger partial charge on any atom is -0.337 e. The van der Waals surface area contributed by atoms with E-state index in [2.05, 4.69) is 15.0 Å². The van der Waals surface area contributed by atoms with Crippen LogP contribution in [0, 0.1) is 13.8 Å².